The molecule has 2 aliphatic heterocycles. The third-order valence-electron chi connectivity index (χ3n) is 3.98. The molecule has 6 nitrogen and oxygen atoms in total. The molecule has 0 N–H and O–H groups in total. The van der Waals surface area contributed by atoms with E-state index >= 15 is 0 Å². The summed E-state index contributed by atoms with van der Waals surface area (Å²) in [5, 5.41) is 4.46. The zero-order valence-corrected chi connectivity index (χ0v) is 11.8. The van der Waals surface area contributed by atoms with E-state index in [1.807, 2.05) is 0 Å². The van der Waals surface area contributed by atoms with Gasteiger partial charge in [-0.05, 0) is 12.8 Å². The maximum absolute atomic E-state index is 12.2. The fraction of sp³-hybridized carbons (Fsp3) is 0.615. The second-order valence-corrected chi connectivity index (χ2v) is 5.73. The lowest BCUT2D eigenvalue weighted by atomic mass is 9.87. The monoisotopic (exact) mass is 297 g/mol. The Bertz CT molecular complexity index is 537. The normalized spacial score (nSPS) is 26.4. The van der Waals surface area contributed by atoms with E-state index < -0.39 is 5.60 Å². The van der Waals surface area contributed by atoms with Crippen molar-refractivity contribution in [2.24, 2.45) is 0 Å². The molecule has 1 amide bonds. The van der Waals surface area contributed by atoms with Crippen LogP contribution in [0.1, 0.15) is 19.3 Å². The summed E-state index contributed by atoms with van der Waals surface area (Å²) in [4.78, 5) is 26.0. The molecule has 20 heavy (non-hydrogen) atoms. The maximum Gasteiger partial charge on any atom is 0.244 e. The first kappa shape index (κ1) is 13.6. The summed E-state index contributed by atoms with van der Waals surface area (Å²) in [5.41, 5.74) is -0.619. The summed E-state index contributed by atoms with van der Waals surface area (Å²) in [6.45, 7) is 1.44. The molecule has 0 saturated carbocycles. The highest BCUT2D eigenvalue weighted by atomic mass is 35.5. The van der Waals surface area contributed by atoms with Crippen LogP contribution in [-0.2, 0) is 20.9 Å². The smallest absolute Gasteiger partial charge is 0.244 e. The Balaban J connectivity index is 1.62. The minimum atomic E-state index is -0.619. The number of nitrogens with zero attached hydrogens (tertiary/aromatic N) is 3. The third kappa shape index (κ3) is 2.45. The van der Waals surface area contributed by atoms with E-state index in [0.717, 1.165) is 12.8 Å². The molecule has 1 aromatic heterocycles. The number of ketones is 1. The number of rotatable bonds is 2. The van der Waals surface area contributed by atoms with Gasteiger partial charge in [0.15, 0.2) is 5.78 Å². The first-order valence-electron chi connectivity index (χ1n) is 6.72. The number of likely N-dealkylation sites (tertiary alicyclic amines) is 1. The van der Waals surface area contributed by atoms with Crippen LogP contribution < -0.4 is 0 Å². The molecule has 3 heterocycles. The van der Waals surface area contributed by atoms with Gasteiger partial charge in [-0.1, -0.05) is 11.6 Å². The van der Waals surface area contributed by atoms with Crippen LogP contribution in [0.25, 0.3) is 0 Å². The molecule has 0 radical (unpaired) electrons. The lowest BCUT2D eigenvalue weighted by Gasteiger charge is -2.37. The highest BCUT2D eigenvalue weighted by molar-refractivity contribution is 6.30. The fourth-order valence-corrected chi connectivity index (χ4v) is 3.00. The van der Waals surface area contributed by atoms with Crippen LogP contribution in [0.3, 0.4) is 0 Å². The van der Waals surface area contributed by atoms with Gasteiger partial charge >= 0.3 is 0 Å². The Hall–Kier alpha value is -1.40. The number of hydrogen-bond donors (Lipinski definition) is 0. The van der Waals surface area contributed by atoms with E-state index in [4.69, 9.17) is 16.3 Å². The van der Waals surface area contributed by atoms with Crippen molar-refractivity contribution in [3.63, 3.8) is 0 Å². The van der Waals surface area contributed by atoms with Gasteiger partial charge in [0.05, 0.1) is 17.8 Å². The second-order valence-electron chi connectivity index (χ2n) is 5.29. The molecular formula is C13H16ClN3O3. The molecule has 2 saturated heterocycles. The number of amides is 1. The molecular weight excluding hydrogens is 282 g/mol. The number of aromatic nitrogens is 2. The lowest BCUT2D eigenvalue weighted by molar-refractivity contribution is -0.153. The number of ether oxygens (including phenoxy) is 1. The van der Waals surface area contributed by atoms with Crippen LogP contribution in [0.4, 0.5) is 0 Å². The molecule has 0 aromatic carbocycles. The van der Waals surface area contributed by atoms with E-state index in [-0.39, 0.29) is 24.8 Å². The van der Waals surface area contributed by atoms with Gasteiger partial charge in [0.25, 0.3) is 0 Å². The largest absolute Gasteiger partial charge is 0.367 e. The summed E-state index contributed by atoms with van der Waals surface area (Å²) in [6.07, 6.45) is 5.37. The van der Waals surface area contributed by atoms with Crippen molar-refractivity contribution in [3.05, 3.63) is 17.4 Å². The summed E-state index contributed by atoms with van der Waals surface area (Å²) in [5.74, 6) is -0.0981. The Morgan fingerprint density at radius 2 is 2.35 bits per heavy atom. The predicted octanol–water partition coefficient (Wildman–Crippen LogP) is 0.887. The van der Waals surface area contributed by atoms with Crippen molar-refractivity contribution in [1.29, 1.82) is 0 Å². The minimum Gasteiger partial charge on any atom is -0.367 e. The highest BCUT2D eigenvalue weighted by Gasteiger charge is 2.46. The van der Waals surface area contributed by atoms with E-state index in [9.17, 15) is 9.59 Å². The number of halogens is 1. The summed E-state index contributed by atoms with van der Waals surface area (Å²) in [6, 6.07) is 0. The molecule has 0 aliphatic carbocycles. The average Bonchev–Trinajstić information content (AvgIpc) is 3.03. The summed E-state index contributed by atoms with van der Waals surface area (Å²) < 4.78 is 7.10. The van der Waals surface area contributed by atoms with E-state index in [1.165, 1.54) is 10.9 Å². The van der Waals surface area contributed by atoms with Crippen molar-refractivity contribution in [2.75, 3.05) is 19.7 Å². The molecule has 1 spiro atoms. The van der Waals surface area contributed by atoms with Crippen LogP contribution in [0, 0.1) is 0 Å². The van der Waals surface area contributed by atoms with Gasteiger partial charge in [0.1, 0.15) is 12.1 Å². The molecule has 2 aliphatic rings. The molecule has 1 atom stereocenters. The average molecular weight is 298 g/mol. The van der Waals surface area contributed by atoms with Crippen molar-refractivity contribution in [2.45, 2.75) is 31.4 Å². The number of piperidine rings is 1. The van der Waals surface area contributed by atoms with Crippen molar-refractivity contribution < 1.29 is 14.3 Å². The van der Waals surface area contributed by atoms with Gasteiger partial charge in [0.2, 0.25) is 5.91 Å². The predicted molar refractivity (Wildman–Crippen MR) is 71.4 cm³/mol. The molecule has 2 fully saturated rings. The first-order valence-corrected chi connectivity index (χ1v) is 7.10. The number of carbonyl (C=O) groups excluding carboxylic acids is 2. The minimum absolute atomic E-state index is 0.0214. The van der Waals surface area contributed by atoms with Gasteiger partial charge in [0, 0.05) is 25.8 Å². The zero-order chi connectivity index (χ0) is 14.2. The third-order valence-corrected chi connectivity index (χ3v) is 4.18. The van der Waals surface area contributed by atoms with Crippen LogP contribution >= 0.6 is 11.6 Å². The molecule has 0 bridgehead atoms. The van der Waals surface area contributed by atoms with Gasteiger partial charge < -0.3 is 9.64 Å². The van der Waals surface area contributed by atoms with Gasteiger partial charge in [-0.15, -0.1) is 0 Å². The van der Waals surface area contributed by atoms with Crippen LogP contribution in [0.5, 0.6) is 0 Å². The van der Waals surface area contributed by atoms with Crippen molar-refractivity contribution >= 4 is 23.3 Å². The van der Waals surface area contributed by atoms with Crippen LogP contribution in [0.2, 0.25) is 5.02 Å². The lowest BCUT2D eigenvalue weighted by Crippen LogP contribution is -2.54. The molecule has 7 heteroatoms. The Morgan fingerprint density at radius 1 is 1.50 bits per heavy atom. The molecule has 108 valence electrons. The number of Topliss-reactive ketones (excluding diaryl/α,β-unsaturated/α-hetero) is 1. The van der Waals surface area contributed by atoms with Crippen molar-refractivity contribution in [3.8, 4) is 0 Å². The molecule has 1 unspecified atom stereocenters. The van der Waals surface area contributed by atoms with Gasteiger partial charge in [-0.3, -0.25) is 14.3 Å². The summed E-state index contributed by atoms with van der Waals surface area (Å²) >= 11 is 5.76. The maximum atomic E-state index is 12.2. The van der Waals surface area contributed by atoms with Crippen LogP contribution in [0.15, 0.2) is 12.4 Å². The Morgan fingerprint density at radius 3 is 2.95 bits per heavy atom. The highest BCUT2D eigenvalue weighted by Crippen LogP contribution is 2.33. The van der Waals surface area contributed by atoms with Gasteiger partial charge in [-0.25, -0.2) is 0 Å². The van der Waals surface area contributed by atoms with E-state index in [1.54, 1.807) is 11.1 Å². The molecule has 3 rings (SSSR count). The van der Waals surface area contributed by atoms with Crippen LogP contribution in [-0.4, -0.2) is 51.7 Å². The first-order chi connectivity index (χ1) is 9.59. The topological polar surface area (TPSA) is 64.4 Å². The summed E-state index contributed by atoms with van der Waals surface area (Å²) in [7, 11) is 0. The number of carbonyl (C=O) groups is 2. The molecule has 1 aromatic rings. The standard InChI is InChI=1S/C13H16ClN3O3/c14-10-6-15-17(7-10)9-12(19)16-4-3-13(11(18)8-16)2-1-5-20-13/h6-7H,1-5,8-9H2. The second kappa shape index (κ2) is 5.18. The zero-order valence-electron chi connectivity index (χ0n) is 11.0. The van der Waals surface area contributed by atoms with E-state index in [0.29, 0.717) is 24.6 Å². The van der Waals surface area contributed by atoms with E-state index in [2.05, 4.69) is 5.10 Å². The Labute approximate surface area is 121 Å². The SMILES string of the molecule is O=C(Cn1cc(Cl)cn1)N1CCC2(CCCO2)C(=O)C1. The number of hydrogen-bond acceptors (Lipinski definition) is 4. The fourth-order valence-electron chi connectivity index (χ4n) is 2.84. The van der Waals surface area contributed by atoms with Crippen molar-refractivity contribution in [1.82, 2.24) is 14.7 Å². The quantitative estimate of drug-likeness (QED) is 0.813. The Kier molecular flexibility index (Phi) is 3.52. The van der Waals surface area contributed by atoms with Gasteiger partial charge in [-0.2, -0.15) is 5.10 Å².